The highest BCUT2D eigenvalue weighted by Gasteiger charge is 2.30. The van der Waals surface area contributed by atoms with E-state index in [2.05, 4.69) is 0 Å². The fourth-order valence-corrected chi connectivity index (χ4v) is 1.92. The fourth-order valence-electron chi connectivity index (χ4n) is 1.92. The van der Waals surface area contributed by atoms with Crippen molar-refractivity contribution in [2.45, 2.75) is 19.0 Å². The normalized spacial score (nSPS) is 13.3. The van der Waals surface area contributed by atoms with E-state index in [0.29, 0.717) is 5.56 Å². The molecule has 2 aromatic rings. The number of rotatable bonds is 2. The fraction of sp³-hybridized carbons (Fsp3) is 0.200. The molecule has 0 aliphatic carbocycles. The van der Waals surface area contributed by atoms with Gasteiger partial charge < -0.3 is 0 Å². The van der Waals surface area contributed by atoms with Gasteiger partial charge in [0.15, 0.2) is 0 Å². The molecule has 1 atom stereocenters. The summed E-state index contributed by atoms with van der Waals surface area (Å²) in [4.78, 5) is 0. The van der Waals surface area contributed by atoms with Crippen LogP contribution in [0, 0.1) is 0 Å². The summed E-state index contributed by atoms with van der Waals surface area (Å²) in [5.74, 6) is -0.0477. The summed E-state index contributed by atoms with van der Waals surface area (Å²) in [5.41, 5.74) is 1.09. The summed E-state index contributed by atoms with van der Waals surface area (Å²) < 4.78 is 37.9. The van der Waals surface area contributed by atoms with Crippen LogP contribution in [0.2, 0.25) is 0 Å². The van der Waals surface area contributed by atoms with E-state index in [9.17, 15) is 13.2 Å². The van der Waals surface area contributed by atoms with Crippen LogP contribution in [0.4, 0.5) is 13.2 Å². The Kier molecular flexibility index (Phi) is 3.41. The number of benzene rings is 2. The van der Waals surface area contributed by atoms with Gasteiger partial charge in [-0.25, -0.2) is 0 Å². The molecule has 0 amide bonds. The van der Waals surface area contributed by atoms with Crippen LogP contribution in [0.15, 0.2) is 54.6 Å². The second kappa shape index (κ2) is 4.84. The molecule has 0 aromatic heterocycles. The standard InChI is InChI=1S/C15H13F3/c1-11(12-6-3-2-4-7-12)13-8-5-9-14(10-13)15(16,17)18/h2-11H,1H3/t11-/m0/s1. The molecule has 0 N–H and O–H groups in total. The van der Waals surface area contributed by atoms with E-state index in [0.717, 1.165) is 11.6 Å². The quantitative estimate of drug-likeness (QED) is 0.714. The van der Waals surface area contributed by atoms with E-state index in [1.807, 2.05) is 37.3 Å². The summed E-state index contributed by atoms with van der Waals surface area (Å²) in [5, 5.41) is 0. The molecule has 0 spiro atoms. The molecule has 0 bridgehead atoms. The van der Waals surface area contributed by atoms with Gasteiger partial charge in [-0.2, -0.15) is 13.2 Å². The SMILES string of the molecule is C[C@@H](c1ccccc1)c1cccc(C(F)(F)F)c1. The number of hydrogen-bond donors (Lipinski definition) is 0. The number of alkyl halides is 3. The van der Waals surface area contributed by atoms with Gasteiger partial charge in [0.1, 0.15) is 0 Å². The third-order valence-electron chi connectivity index (χ3n) is 3.01. The zero-order valence-electron chi connectivity index (χ0n) is 9.91. The Hall–Kier alpha value is -1.77. The topological polar surface area (TPSA) is 0 Å². The summed E-state index contributed by atoms with van der Waals surface area (Å²) in [6.45, 7) is 1.91. The van der Waals surface area contributed by atoms with Crippen molar-refractivity contribution in [3.05, 3.63) is 71.3 Å². The van der Waals surface area contributed by atoms with Gasteiger partial charge >= 0.3 is 6.18 Å². The van der Waals surface area contributed by atoms with Gasteiger partial charge in [0.05, 0.1) is 5.56 Å². The molecule has 0 fully saturated rings. The first-order valence-electron chi connectivity index (χ1n) is 5.70. The Bertz CT molecular complexity index is 515. The van der Waals surface area contributed by atoms with Crippen LogP contribution in [0.1, 0.15) is 29.5 Å². The van der Waals surface area contributed by atoms with E-state index in [4.69, 9.17) is 0 Å². The van der Waals surface area contributed by atoms with Crippen molar-refractivity contribution in [3.8, 4) is 0 Å². The largest absolute Gasteiger partial charge is 0.416 e. The van der Waals surface area contributed by atoms with Gasteiger partial charge in [-0.15, -0.1) is 0 Å². The Labute approximate surface area is 104 Å². The summed E-state index contributed by atoms with van der Waals surface area (Å²) in [6, 6.07) is 15.0. The third-order valence-corrected chi connectivity index (χ3v) is 3.01. The molecule has 0 saturated heterocycles. The third kappa shape index (κ3) is 2.73. The molecule has 0 saturated carbocycles. The first-order valence-corrected chi connectivity index (χ1v) is 5.70. The van der Waals surface area contributed by atoms with Crippen LogP contribution in [0.3, 0.4) is 0 Å². The van der Waals surface area contributed by atoms with E-state index >= 15 is 0 Å². The Morgan fingerprint density at radius 1 is 0.833 bits per heavy atom. The van der Waals surface area contributed by atoms with Gasteiger partial charge in [0, 0.05) is 5.92 Å². The maximum Gasteiger partial charge on any atom is 0.416 e. The Morgan fingerprint density at radius 3 is 2.06 bits per heavy atom. The minimum absolute atomic E-state index is 0.0477. The van der Waals surface area contributed by atoms with Gasteiger partial charge in [0.2, 0.25) is 0 Å². The lowest BCUT2D eigenvalue weighted by Crippen LogP contribution is -2.06. The predicted molar refractivity (Wildman–Crippen MR) is 65.4 cm³/mol. The maximum atomic E-state index is 12.6. The highest BCUT2D eigenvalue weighted by atomic mass is 19.4. The first-order chi connectivity index (χ1) is 8.48. The Balaban J connectivity index is 2.35. The molecule has 0 aliphatic heterocycles. The first kappa shape index (κ1) is 12.7. The van der Waals surface area contributed by atoms with Crippen molar-refractivity contribution in [1.29, 1.82) is 0 Å². The minimum atomic E-state index is -4.29. The van der Waals surface area contributed by atoms with E-state index in [1.165, 1.54) is 12.1 Å². The Morgan fingerprint density at radius 2 is 1.44 bits per heavy atom. The van der Waals surface area contributed by atoms with Crippen LogP contribution in [-0.2, 0) is 6.18 Å². The molecule has 2 rings (SSSR count). The number of hydrogen-bond acceptors (Lipinski definition) is 0. The molecule has 0 radical (unpaired) electrons. The molecule has 0 aliphatic rings. The average Bonchev–Trinajstić information content (AvgIpc) is 2.38. The van der Waals surface area contributed by atoms with E-state index < -0.39 is 11.7 Å². The average molecular weight is 250 g/mol. The summed E-state index contributed by atoms with van der Waals surface area (Å²) in [7, 11) is 0. The predicted octanol–water partition coefficient (Wildman–Crippen LogP) is 4.86. The second-order valence-electron chi connectivity index (χ2n) is 4.26. The van der Waals surface area contributed by atoms with E-state index in [-0.39, 0.29) is 5.92 Å². The van der Waals surface area contributed by atoms with Crippen molar-refractivity contribution in [2.24, 2.45) is 0 Å². The zero-order chi connectivity index (χ0) is 13.2. The summed E-state index contributed by atoms with van der Waals surface area (Å²) >= 11 is 0. The molecular weight excluding hydrogens is 237 g/mol. The van der Waals surface area contributed by atoms with Crippen molar-refractivity contribution in [2.75, 3.05) is 0 Å². The molecule has 94 valence electrons. The zero-order valence-corrected chi connectivity index (χ0v) is 9.91. The molecule has 0 nitrogen and oxygen atoms in total. The van der Waals surface area contributed by atoms with Crippen LogP contribution >= 0.6 is 0 Å². The molecule has 2 aromatic carbocycles. The van der Waals surface area contributed by atoms with Crippen molar-refractivity contribution >= 4 is 0 Å². The second-order valence-corrected chi connectivity index (χ2v) is 4.26. The van der Waals surface area contributed by atoms with Crippen LogP contribution < -0.4 is 0 Å². The smallest absolute Gasteiger partial charge is 0.166 e. The molecular formula is C15H13F3. The number of halogens is 3. The van der Waals surface area contributed by atoms with Crippen molar-refractivity contribution in [1.82, 2.24) is 0 Å². The molecule has 0 unspecified atom stereocenters. The van der Waals surface area contributed by atoms with Crippen molar-refractivity contribution < 1.29 is 13.2 Å². The lowest BCUT2D eigenvalue weighted by Gasteiger charge is -2.14. The van der Waals surface area contributed by atoms with Gasteiger partial charge in [-0.3, -0.25) is 0 Å². The van der Waals surface area contributed by atoms with Crippen LogP contribution in [0.25, 0.3) is 0 Å². The van der Waals surface area contributed by atoms with E-state index in [1.54, 1.807) is 6.07 Å². The highest BCUT2D eigenvalue weighted by molar-refractivity contribution is 5.34. The molecule has 18 heavy (non-hydrogen) atoms. The maximum absolute atomic E-state index is 12.6. The molecule has 0 heterocycles. The summed E-state index contributed by atoms with van der Waals surface area (Å²) in [6.07, 6.45) is -4.29. The van der Waals surface area contributed by atoms with Gasteiger partial charge in [0.25, 0.3) is 0 Å². The van der Waals surface area contributed by atoms with Crippen molar-refractivity contribution in [3.63, 3.8) is 0 Å². The lowest BCUT2D eigenvalue weighted by atomic mass is 9.92. The molecule has 3 heteroatoms. The monoisotopic (exact) mass is 250 g/mol. The van der Waals surface area contributed by atoms with Gasteiger partial charge in [-0.1, -0.05) is 55.5 Å². The minimum Gasteiger partial charge on any atom is -0.166 e. The van der Waals surface area contributed by atoms with Crippen LogP contribution in [0.5, 0.6) is 0 Å². The van der Waals surface area contributed by atoms with Gasteiger partial charge in [-0.05, 0) is 17.2 Å². The lowest BCUT2D eigenvalue weighted by molar-refractivity contribution is -0.137. The van der Waals surface area contributed by atoms with Crippen LogP contribution in [-0.4, -0.2) is 0 Å². The highest BCUT2D eigenvalue weighted by Crippen LogP contribution is 2.32.